The lowest BCUT2D eigenvalue weighted by molar-refractivity contribution is 1.10. The molecule has 0 saturated carbocycles. The van der Waals surface area contributed by atoms with Gasteiger partial charge in [0.1, 0.15) is 22.1 Å². The van der Waals surface area contributed by atoms with Crippen LogP contribution in [0, 0.1) is 0 Å². The number of aromatic nitrogens is 4. The van der Waals surface area contributed by atoms with Crippen molar-refractivity contribution in [1.29, 1.82) is 0 Å². The molecule has 0 radical (unpaired) electrons. The quantitative estimate of drug-likeness (QED) is 0.233. The van der Waals surface area contributed by atoms with Crippen LogP contribution >= 0.6 is 0 Å². The van der Waals surface area contributed by atoms with Gasteiger partial charge in [-0.15, -0.1) is 10.2 Å². The van der Waals surface area contributed by atoms with Crippen molar-refractivity contribution in [3.63, 3.8) is 0 Å². The van der Waals surface area contributed by atoms with Gasteiger partial charge >= 0.3 is 0 Å². The molecule has 0 spiro atoms. The Morgan fingerprint density at radius 1 is 0.375 bits per heavy atom. The van der Waals surface area contributed by atoms with Crippen LogP contribution in [-0.2, 0) is 0 Å². The third-order valence-electron chi connectivity index (χ3n) is 8.15. The third-order valence-corrected chi connectivity index (χ3v) is 8.15. The number of hydrogen-bond donors (Lipinski definition) is 0. The molecule has 6 aromatic carbocycles. The molecule has 0 aliphatic heterocycles. The predicted octanol–water partition coefficient (Wildman–Crippen LogP) is 8.98. The number of rotatable bonds is 2. The van der Waals surface area contributed by atoms with Crippen LogP contribution in [0.1, 0.15) is 0 Å². The van der Waals surface area contributed by atoms with Crippen molar-refractivity contribution in [1.82, 2.24) is 19.3 Å². The second-order valence-electron chi connectivity index (χ2n) is 10.4. The lowest BCUT2D eigenvalue weighted by atomic mass is 10.1. The minimum Gasteiger partial charge on any atom is -0.306 e. The van der Waals surface area contributed by atoms with Crippen LogP contribution in [0.2, 0.25) is 0 Å². The first kappa shape index (κ1) is 21.5. The Kier molecular flexibility index (Phi) is 4.30. The summed E-state index contributed by atoms with van der Waals surface area (Å²) in [6.07, 6.45) is 0. The van der Waals surface area contributed by atoms with E-state index in [9.17, 15) is 0 Å². The molecule has 4 heteroatoms. The molecule has 0 fully saturated rings. The van der Waals surface area contributed by atoms with Crippen LogP contribution in [0.25, 0.3) is 76.8 Å². The maximum Gasteiger partial charge on any atom is 0.121 e. The van der Waals surface area contributed by atoms with Gasteiger partial charge in [-0.2, -0.15) is 0 Å². The van der Waals surface area contributed by atoms with E-state index in [0.29, 0.717) is 0 Å². The van der Waals surface area contributed by atoms with E-state index in [4.69, 9.17) is 10.2 Å². The molecular weight excluding hydrogens is 488 g/mol. The Morgan fingerprint density at radius 2 is 0.775 bits per heavy atom. The fourth-order valence-corrected chi connectivity index (χ4v) is 6.35. The highest BCUT2D eigenvalue weighted by atomic mass is 15.2. The molecule has 186 valence electrons. The minimum atomic E-state index is 0.904. The zero-order valence-electron chi connectivity index (χ0n) is 21.5. The van der Waals surface area contributed by atoms with Gasteiger partial charge in [0.2, 0.25) is 0 Å². The Hall–Kier alpha value is -5.48. The number of benzene rings is 6. The van der Waals surface area contributed by atoms with E-state index in [0.717, 1.165) is 55.2 Å². The topological polar surface area (TPSA) is 35.6 Å². The van der Waals surface area contributed by atoms with Crippen LogP contribution in [0.3, 0.4) is 0 Å². The van der Waals surface area contributed by atoms with E-state index in [1.807, 2.05) is 0 Å². The van der Waals surface area contributed by atoms with Gasteiger partial charge in [-0.1, -0.05) is 97.1 Å². The molecule has 0 aliphatic carbocycles. The summed E-state index contributed by atoms with van der Waals surface area (Å²) in [4.78, 5) is 0. The van der Waals surface area contributed by atoms with Crippen LogP contribution < -0.4 is 0 Å². The van der Waals surface area contributed by atoms with Gasteiger partial charge in [0.15, 0.2) is 0 Å². The number of nitrogens with zero attached hydrogens (tertiary/aromatic N) is 4. The molecular formula is C36H22N4. The van der Waals surface area contributed by atoms with Crippen molar-refractivity contribution in [3.8, 4) is 11.4 Å². The fourth-order valence-electron chi connectivity index (χ4n) is 6.35. The molecule has 0 N–H and O–H groups in total. The molecule has 0 aliphatic rings. The van der Waals surface area contributed by atoms with E-state index in [1.165, 1.54) is 21.5 Å². The van der Waals surface area contributed by atoms with Gasteiger partial charge in [0, 0.05) is 22.1 Å². The van der Waals surface area contributed by atoms with Gasteiger partial charge in [0.05, 0.1) is 11.0 Å². The van der Waals surface area contributed by atoms with Crippen LogP contribution in [0.5, 0.6) is 0 Å². The van der Waals surface area contributed by atoms with Crippen LogP contribution in [-0.4, -0.2) is 19.3 Å². The zero-order valence-corrected chi connectivity index (χ0v) is 21.5. The highest BCUT2D eigenvalue weighted by Crippen LogP contribution is 2.40. The molecule has 0 atom stereocenters. The van der Waals surface area contributed by atoms with Crippen LogP contribution in [0.4, 0.5) is 0 Å². The summed E-state index contributed by atoms with van der Waals surface area (Å²) in [6, 6.07) is 47.4. The van der Waals surface area contributed by atoms with Crippen molar-refractivity contribution in [3.05, 3.63) is 133 Å². The average Bonchev–Trinajstić information content (AvgIpc) is 3.54. The number of hydrogen-bond acceptors (Lipinski definition) is 2. The number of fused-ring (bicyclic) bond motifs is 9. The van der Waals surface area contributed by atoms with Gasteiger partial charge in [-0.25, -0.2) is 0 Å². The summed E-state index contributed by atoms with van der Waals surface area (Å²) < 4.78 is 4.73. The standard InChI is InChI=1S/C36H22N4/c1-3-11-25-21-27(19-17-23(25)9-1)39-31-15-7-5-13-29(31)33-35(39)36-34(38-37-33)30-14-6-8-16-32(30)40(36)28-20-18-24-10-2-4-12-26(24)22-28/h1-22H. The van der Waals surface area contributed by atoms with E-state index < -0.39 is 0 Å². The normalized spacial score (nSPS) is 12.0. The first-order valence-electron chi connectivity index (χ1n) is 13.5. The summed E-state index contributed by atoms with van der Waals surface area (Å²) in [5.74, 6) is 0. The predicted molar refractivity (Wildman–Crippen MR) is 166 cm³/mol. The fraction of sp³-hybridized carbons (Fsp3) is 0. The smallest absolute Gasteiger partial charge is 0.121 e. The Labute approximate surface area is 229 Å². The molecule has 40 heavy (non-hydrogen) atoms. The lowest BCUT2D eigenvalue weighted by Crippen LogP contribution is -2.00. The van der Waals surface area contributed by atoms with Crippen molar-refractivity contribution in [2.24, 2.45) is 0 Å². The van der Waals surface area contributed by atoms with Gasteiger partial charge < -0.3 is 9.13 Å². The summed E-state index contributed by atoms with van der Waals surface area (Å²) in [6.45, 7) is 0. The van der Waals surface area contributed by atoms with Crippen LogP contribution in [0.15, 0.2) is 133 Å². The van der Waals surface area contributed by atoms with Crippen molar-refractivity contribution in [2.45, 2.75) is 0 Å². The molecule has 0 bridgehead atoms. The first-order valence-corrected chi connectivity index (χ1v) is 13.5. The van der Waals surface area contributed by atoms with E-state index in [2.05, 4.69) is 143 Å². The molecule has 3 aromatic heterocycles. The lowest BCUT2D eigenvalue weighted by Gasteiger charge is -2.13. The SMILES string of the molecule is c1ccc2cc(-n3c4ccccc4c4nnc5c6ccccc6n(-c6ccc7ccccc7c6)c5c43)ccc2c1. The van der Waals surface area contributed by atoms with Crippen molar-refractivity contribution in [2.75, 3.05) is 0 Å². The second-order valence-corrected chi connectivity index (χ2v) is 10.4. The summed E-state index contributed by atoms with van der Waals surface area (Å²) in [7, 11) is 0. The zero-order chi connectivity index (χ0) is 26.2. The van der Waals surface area contributed by atoms with Crippen molar-refractivity contribution >= 4 is 65.4 Å². The highest BCUT2D eigenvalue weighted by molar-refractivity contribution is 6.20. The Balaban J connectivity index is 1.51. The highest BCUT2D eigenvalue weighted by Gasteiger charge is 2.23. The Bertz CT molecular complexity index is 2270. The Morgan fingerprint density at radius 3 is 1.25 bits per heavy atom. The van der Waals surface area contributed by atoms with E-state index in [1.54, 1.807) is 0 Å². The molecule has 3 heterocycles. The van der Waals surface area contributed by atoms with E-state index >= 15 is 0 Å². The summed E-state index contributed by atoms with van der Waals surface area (Å²) in [5, 5.41) is 16.8. The largest absolute Gasteiger partial charge is 0.306 e. The maximum absolute atomic E-state index is 4.87. The summed E-state index contributed by atoms with van der Waals surface area (Å²) in [5.41, 5.74) is 8.37. The number of para-hydroxylation sites is 2. The average molecular weight is 511 g/mol. The van der Waals surface area contributed by atoms with Crippen molar-refractivity contribution < 1.29 is 0 Å². The molecule has 9 rings (SSSR count). The summed E-state index contributed by atoms with van der Waals surface area (Å²) >= 11 is 0. The molecule has 0 saturated heterocycles. The molecule has 9 aromatic rings. The maximum atomic E-state index is 4.87. The second kappa shape index (κ2) is 8.01. The monoisotopic (exact) mass is 510 g/mol. The van der Waals surface area contributed by atoms with Gasteiger partial charge in [-0.05, 0) is 57.9 Å². The van der Waals surface area contributed by atoms with E-state index in [-0.39, 0.29) is 0 Å². The first-order chi connectivity index (χ1) is 19.8. The molecule has 0 unspecified atom stereocenters. The molecule has 4 nitrogen and oxygen atoms in total. The van der Waals surface area contributed by atoms with Gasteiger partial charge in [0.25, 0.3) is 0 Å². The van der Waals surface area contributed by atoms with Gasteiger partial charge in [-0.3, -0.25) is 0 Å². The molecule has 0 amide bonds. The third kappa shape index (κ3) is 2.90. The minimum absolute atomic E-state index is 0.904.